The van der Waals surface area contributed by atoms with E-state index in [1.54, 1.807) is 30.1 Å². The summed E-state index contributed by atoms with van der Waals surface area (Å²) in [5.41, 5.74) is 2.51. The molecule has 0 atom stereocenters. The molecule has 0 aliphatic rings. The van der Waals surface area contributed by atoms with E-state index in [0.29, 0.717) is 44.6 Å². The first-order valence-electron chi connectivity index (χ1n) is 11.6. The van der Waals surface area contributed by atoms with Crippen molar-refractivity contribution < 1.29 is 17.9 Å². The summed E-state index contributed by atoms with van der Waals surface area (Å²) in [7, 11) is 0.0955. The highest BCUT2D eigenvalue weighted by Gasteiger charge is 2.23. The molecule has 0 saturated carbocycles. The van der Waals surface area contributed by atoms with Gasteiger partial charge < -0.3 is 14.2 Å². The quantitative estimate of drug-likeness (QED) is 0.415. The summed E-state index contributed by atoms with van der Waals surface area (Å²) in [6.45, 7) is 7.36. The molecule has 0 aliphatic heterocycles. The molecule has 0 bridgehead atoms. The van der Waals surface area contributed by atoms with Gasteiger partial charge in [-0.1, -0.05) is 32.0 Å². The van der Waals surface area contributed by atoms with Gasteiger partial charge in [0.25, 0.3) is 0 Å². The maximum atomic E-state index is 12.8. The molecule has 0 aliphatic carbocycles. The van der Waals surface area contributed by atoms with Crippen LogP contribution < -0.4 is 4.74 Å². The Hall–Kier alpha value is -2.91. The lowest BCUT2D eigenvalue weighted by Gasteiger charge is -2.18. The van der Waals surface area contributed by atoms with Crippen LogP contribution in [0.5, 0.6) is 5.75 Å². The monoisotopic (exact) mass is 486 g/mol. The van der Waals surface area contributed by atoms with E-state index < -0.39 is 10.0 Å². The first kappa shape index (κ1) is 25.7. The molecule has 0 fully saturated rings. The smallest absolute Gasteiger partial charge is 0.243 e. The minimum Gasteiger partial charge on any atom is -0.491 e. The molecule has 0 N–H and O–H groups in total. The zero-order chi connectivity index (χ0) is 24.9. The fraction of sp³-hybridized carbons (Fsp3) is 0.440. The number of imidazole rings is 1. The second-order valence-electron chi connectivity index (χ2n) is 8.26. The van der Waals surface area contributed by atoms with E-state index >= 15 is 0 Å². The first-order valence-corrected chi connectivity index (χ1v) is 13.0. The van der Waals surface area contributed by atoms with Crippen molar-refractivity contribution in [2.24, 2.45) is 7.05 Å². The third-order valence-electron chi connectivity index (χ3n) is 6.05. The maximum absolute atomic E-state index is 12.8. The molecule has 1 heterocycles. The zero-order valence-corrected chi connectivity index (χ0v) is 21.4. The van der Waals surface area contributed by atoms with E-state index in [-0.39, 0.29) is 10.8 Å². The molecule has 1 aromatic heterocycles. The highest BCUT2D eigenvalue weighted by molar-refractivity contribution is 7.89. The molecule has 3 aromatic rings. The van der Waals surface area contributed by atoms with Crippen LogP contribution in [0.2, 0.25) is 0 Å². The lowest BCUT2D eigenvalue weighted by atomic mass is 10.2. The Bertz CT molecular complexity index is 1250. The predicted octanol–water partition coefficient (Wildman–Crippen LogP) is 3.38. The molecule has 1 amide bonds. The third-order valence-corrected chi connectivity index (χ3v) is 8.10. The van der Waals surface area contributed by atoms with Gasteiger partial charge in [-0.2, -0.15) is 4.31 Å². The third kappa shape index (κ3) is 5.59. The number of rotatable bonds is 11. The van der Waals surface area contributed by atoms with Crippen LogP contribution >= 0.6 is 0 Å². The number of para-hydroxylation sites is 1. The predicted molar refractivity (Wildman–Crippen MR) is 133 cm³/mol. The van der Waals surface area contributed by atoms with Crippen LogP contribution in [-0.2, 0) is 28.3 Å². The molecule has 184 valence electrons. The highest BCUT2D eigenvalue weighted by atomic mass is 32.2. The maximum Gasteiger partial charge on any atom is 0.243 e. The van der Waals surface area contributed by atoms with Crippen molar-refractivity contribution in [1.29, 1.82) is 0 Å². The Morgan fingerprint density at radius 1 is 1.12 bits per heavy atom. The van der Waals surface area contributed by atoms with Crippen LogP contribution in [0.1, 0.15) is 31.7 Å². The zero-order valence-electron chi connectivity index (χ0n) is 20.6. The number of amides is 1. The number of aryl methyl sites for hydroxylation is 3. The van der Waals surface area contributed by atoms with Crippen LogP contribution in [0, 0.1) is 6.92 Å². The Morgan fingerprint density at radius 3 is 2.50 bits per heavy atom. The summed E-state index contributed by atoms with van der Waals surface area (Å²) in [4.78, 5) is 19.1. The average Bonchev–Trinajstić information content (AvgIpc) is 3.14. The van der Waals surface area contributed by atoms with Crippen LogP contribution in [-0.4, -0.2) is 66.4 Å². The van der Waals surface area contributed by atoms with E-state index in [4.69, 9.17) is 4.74 Å². The first-order chi connectivity index (χ1) is 16.2. The van der Waals surface area contributed by atoms with Crippen molar-refractivity contribution in [3.05, 3.63) is 53.9 Å². The highest BCUT2D eigenvalue weighted by Crippen LogP contribution is 2.23. The Balaban J connectivity index is 1.62. The molecule has 0 saturated heterocycles. The number of carbonyl (C=O) groups is 1. The minimum atomic E-state index is -3.55. The molecule has 2 aromatic carbocycles. The fourth-order valence-corrected chi connectivity index (χ4v) is 5.35. The minimum absolute atomic E-state index is 0.00485. The number of ether oxygens (including phenoxy) is 1. The van der Waals surface area contributed by atoms with E-state index in [1.165, 1.54) is 4.31 Å². The standard InChI is InChI=1S/C25H34N4O4S/c1-6-29(7-2)34(31,32)20-12-13-22-21(18-20)26-24(28(22)5)14-15-25(30)27(4)16-17-33-23-11-9-8-10-19(23)3/h8-13,18H,6-7,14-17H2,1-5H3. The van der Waals surface area contributed by atoms with Crippen molar-refractivity contribution in [2.75, 3.05) is 33.3 Å². The van der Waals surface area contributed by atoms with Crippen molar-refractivity contribution in [3.63, 3.8) is 0 Å². The average molecular weight is 487 g/mol. The summed E-state index contributed by atoms with van der Waals surface area (Å²) in [6.07, 6.45) is 0.772. The second kappa shape index (κ2) is 11.0. The molecule has 0 spiro atoms. The van der Waals surface area contributed by atoms with Crippen LogP contribution in [0.15, 0.2) is 47.4 Å². The molecular formula is C25H34N4O4S. The van der Waals surface area contributed by atoms with Gasteiger partial charge in [0.15, 0.2) is 0 Å². The fourth-order valence-electron chi connectivity index (χ4n) is 3.87. The normalized spacial score (nSPS) is 11.8. The number of sulfonamides is 1. The number of benzene rings is 2. The van der Waals surface area contributed by atoms with Gasteiger partial charge in [-0.05, 0) is 36.8 Å². The largest absolute Gasteiger partial charge is 0.491 e. The molecule has 3 rings (SSSR count). The number of likely N-dealkylation sites (N-methyl/N-ethyl adjacent to an activating group) is 1. The van der Waals surface area contributed by atoms with Crippen LogP contribution in [0.3, 0.4) is 0 Å². The summed E-state index contributed by atoms with van der Waals surface area (Å²) in [6, 6.07) is 12.8. The van der Waals surface area contributed by atoms with Gasteiger partial charge >= 0.3 is 0 Å². The Labute approximate surface area is 202 Å². The number of aromatic nitrogens is 2. The lowest BCUT2D eigenvalue weighted by Crippen LogP contribution is -2.31. The van der Waals surface area contributed by atoms with Crippen molar-refractivity contribution in [3.8, 4) is 5.75 Å². The Kier molecular flexibility index (Phi) is 8.33. The summed E-state index contributed by atoms with van der Waals surface area (Å²) in [5.74, 6) is 1.57. The molecule has 9 heteroatoms. The van der Waals surface area contributed by atoms with Gasteiger partial charge in [-0.25, -0.2) is 13.4 Å². The number of hydrogen-bond donors (Lipinski definition) is 0. The molecule has 0 unspecified atom stereocenters. The van der Waals surface area contributed by atoms with Gasteiger partial charge in [0, 0.05) is 40.0 Å². The summed E-state index contributed by atoms with van der Waals surface area (Å²) in [5, 5.41) is 0. The molecular weight excluding hydrogens is 452 g/mol. The van der Waals surface area contributed by atoms with Crippen molar-refractivity contribution in [2.45, 2.75) is 38.5 Å². The van der Waals surface area contributed by atoms with Gasteiger partial charge in [-0.3, -0.25) is 4.79 Å². The molecule has 34 heavy (non-hydrogen) atoms. The van der Waals surface area contributed by atoms with E-state index in [0.717, 1.165) is 22.7 Å². The van der Waals surface area contributed by atoms with E-state index in [9.17, 15) is 13.2 Å². The van der Waals surface area contributed by atoms with Gasteiger partial charge in [0.05, 0.1) is 22.5 Å². The van der Waals surface area contributed by atoms with Gasteiger partial charge in [0.2, 0.25) is 15.9 Å². The van der Waals surface area contributed by atoms with Crippen molar-refractivity contribution in [1.82, 2.24) is 18.8 Å². The number of fused-ring (bicyclic) bond motifs is 1. The SMILES string of the molecule is CCN(CC)S(=O)(=O)c1ccc2c(c1)nc(CCC(=O)N(C)CCOc1ccccc1C)n2C. The summed E-state index contributed by atoms with van der Waals surface area (Å²) >= 11 is 0. The van der Waals surface area contributed by atoms with Crippen LogP contribution in [0.4, 0.5) is 0 Å². The van der Waals surface area contributed by atoms with Gasteiger partial charge in [-0.15, -0.1) is 0 Å². The number of hydrogen-bond acceptors (Lipinski definition) is 5. The number of carbonyl (C=O) groups excluding carboxylic acids is 1. The summed E-state index contributed by atoms with van der Waals surface area (Å²) < 4.78 is 34.8. The number of nitrogens with zero attached hydrogens (tertiary/aromatic N) is 4. The topological polar surface area (TPSA) is 84.7 Å². The van der Waals surface area contributed by atoms with Crippen LogP contribution in [0.25, 0.3) is 11.0 Å². The lowest BCUT2D eigenvalue weighted by molar-refractivity contribution is -0.130. The van der Waals surface area contributed by atoms with E-state index in [2.05, 4.69) is 4.98 Å². The second-order valence-corrected chi connectivity index (χ2v) is 10.2. The van der Waals surface area contributed by atoms with Crippen molar-refractivity contribution >= 4 is 27.0 Å². The van der Waals surface area contributed by atoms with E-state index in [1.807, 2.05) is 56.7 Å². The van der Waals surface area contributed by atoms with Gasteiger partial charge in [0.1, 0.15) is 18.2 Å². The molecule has 0 radical (unpaired) electrons. The molecule has 8 nitrogen and oxygen atoms in total. The Morgan fingerprint density at radius 2 is 1.82 bits per heavy atom.